The zero-order valence-corrected chi connectivity index (χ0v) is 10.7. The Kier molecular flexibility index (Phi) is 5.05. The van der Waals surface area contributed by atoms with Crippen molar-refractivity contribution in [3.05, 3.63) is 30.1 Å². The summed E-state index contributed by atoms with van der Waals surface area (Å²) in [5, 5.41) is 0. The van der Waals surface area contributed by atoms with Crippen LogP contribution in [0.2, 0.25) is 0 Å². The molecule has 9 heteroatoms. The first-order valence-corrected chi connectivity index (χ1v) is 7.80. The normalized spacial score (nSPS) is 14.6. The average Bonchev–Trinajstić information content (AvgIpc) is 2.16. The fraction of sp³-hybridized carbons (Fsp3) is 0.286. The zero-order chi connectivity index (χ0) is 12.2. The van der Waals surface area contributed by atoms with Gasteiger partial charge in [-0.3, -0.25) is 9.55 Å². The number of hydrogen-bond donors (Lipinski definition) is 3. The highest BCUT2D eigenvalue weighted by atomic mass is 32.1. The monoisotopic (exact) mass is 282 g/mol. The van der Waals surface area contributed by atoms with Crippen molar-refractivity contribution >= 4 is 28.3 Å². The van der Waals surface area contributed by atoms with E-state index in [0.29, 0.717) is 5.56 Å². The van der Waals surface area contributed by atoms with Crippen LogP contribution in [-0.4, -0.2) is 20.7 Å². The molecule has 1 aromatic rings. The molecule has 0 aromatic carbocycles. The second-order valence-electron chi connectivity index (χ2n) is 2.88. The minimum absolute atomic E-state index is 0.569. The quantitative estimate of drug-likeness (QED) is 0.433. The highest BCUT2D eigenvalue weighted by Gasteiger charge is 2.33. The van der Waals surface area contributed by atoms with Crippen molar-refractivity contribution in [2.45, 2.75) is 5.44 Å². The van der Waals surface area contributed by atoms with Crippen LogP contribution < -0.4 is 0 Å². The lowest BCUT2D eigenvalue weighted by atomic mass is 10.3. The number of thiol groups is 1. The molecule has 0 aliphatic rings. The lowest BCUT2D eigenvalue weighted by molar-refractivity contribution is 0.309. The average molecular weight is 282 g/mol. The molecule has 0 radical (unpaired) electrons. The first kappa shape index (κ1) is 13.8. The van der Waals surface area contributed by atoms with Crippen LogP contribution >= 0.6 is 28.3 Å². The van der Waals surface area contributed by atoms with Crippen LogP contribution in [0.15, 0.2) is 24.5 Å². The third-order valence-corrected chi connectivity index (χ3v) is 4.90. The van der Waals surface area contributed by atoms with Crippen molar-refractivity contribution in [3.63, 3.8) is 0 Å². The number of hydrogen-bond acceptors (Lipinski definition) is 5. The van der Waals surface area contributed by atoms with Gasteiger partial charge in [-0.25, -0.2) is 0 Å². The van der Waals surface area contributed by atoms with Gasteiger partial charge >= 0.3 is 15.6 Å². The highest BCUT2D eigenvalue weighted by Crippen LogP contribution is 2.47. The second kappa shape index (κ2) is 5.87. The lowest BCUT2D eigenvalue weighted by Crippen LogP contribution is -1.93. The van der Waals surface area contributed by atoms with Crippen molar-refractivity contribution in [1.29, 1.82) is 0 Å². The molecule has 1 aromatic heterocycles. The van der Waals surface area contributed by atoms with E-state index < -0.39 is 27.0 Å². The second-order valence-corrected chi connectivity index (χ2v) is 6.69. The third kappa shape index (κ3) is 5.16. The van der Waals surface area contributed by atoms with Gasteiger partial charge in [-0.1, -0.05) is 6.07 Å². The summed E-state index contributed by atoms with van der Waals surface area (Å²) in [6, 6.07) is 3.31. The molecule has 6 nitrogen and oxygen atoms in total. The van der Waals surface area contributed by atoms with E-state index in [4.69, 9.17) is 14.3 Å². The van der Waals surface area contributed by atoms with Gasteiger partial charge in [0.25, 0.3) is 5.90 Å². The van der Waals surface area contributed by atoms with Crippen LogP contribution in [0.3, 0.4) is 0 Å². The molecule has 0 amide bonds. The number of aromatic nitrogens is 1. The molecule has 88 valence electrons. The minimum Gasteiger partial charge on any atom is -0.321 e. The summed E-state index contributed by atoms with van der Waals surface area (Å²) in [7, 11) is -6.78. The summed E-state index contributed by atoms with van der Waals surface area (Å²) in [5.41, 5.74) is -0.247. The van der Waals surface area contributed by atoms with Crippen molar-refractivity contribution in [2.75, 3.05) is 5.90 Å². The van der Waals surface area contributed by atoms with Gasteiger partial charge in [-0.05, 0) is 10.6 Å². The molecule has 0 bridgehead atoms. The molecule has 16 heavy (non-hydrogen) atoms. The summed E-state index contributed by atoms with van der Waals surface area (Å²) < 4.78 is 26.6. The van der Waals surface area contributed by atoms with E-state index >= 15 is 0 Å². The van der Waals surface area contributed by atoms with E-state index in [0.717, 1.165) is 0 Å². The molecule has 0 saturated carbocycles. The van der Waals surface area contributed by atoms with Crippen LogP contribution in [-0.2, 0) is 13.7 Å². The fourth-order valence-electron chi connectivity index (χ4n) is 0.878. The van der Waals surface area contributed by atoms with Crippen molar-refractivity contribution in [2.24, 2.45) is 0 Å². The molecule has 0 fully saturated rings. The predicted molar refractivity (Wildman–Crippen MR) is 61.6 cm³/mol. The van der Waals surface area contributed by atoms with Crippen LogP contribution in [0.5, 0.6) is 0 Å². The molecule has 0 aliphatic heterocycles. The SMILES string of the molecule is O=[P+](CP(=O)(O)O)OC(S)c1cccnc1. The molecule has 2 unspecified atom stereocenters. The van der Waals surface area contributed by atoms with Gasteiger partial charge in [0.15, 0.2) is 5.44 Å². The first-order chi connectivity index (χ1) is 7.38. The van der Waals surface area contributed by atoms with E-state index in [1.54, 1.807) is 18.3 Å². The first-order valence-electron chi connectivity index (χ1n) is 4.12. The number of nitrogens with zero attached hydrogens (tertiary/aromatic N) is 1. The molecule has 0 aliphatic carbocycles. The number of pyridine rings is 1. The third-order valence-electron chi connectivity index (χ3n) is 1.49. The smallest absolute Gasteiger partial charge is 0.321 e. The Balaban J connectivity index is 2.56. The molecule has 2 N–H and O–H groups in total. The van der Waals surface area contributed by atoms with Crippen LogP contribution in [0, 0.1) is 0 Å². The van der Waals surface area contributed by atoms with Gasteiger partial charge in [-0.15, -0.1) is 17.2 Å². The minimum atomic E-state index is -4.33. The van der Waals surface area contributed by atoms with E-state index in [1.807, 2.05) is 0 Å². The van der Waals surface area contributed by atoms with Crippen molar-refractivity contribution < 1.29 is 23.4 Å². The van der Waals surface area contributed by atoms with E-state index in [9.17, 15) is 9.13 Å². The van der Waals surface area contributed by atoms with Crippen molar-refractivity contribution in [1.82, 2.24) is 4.98 Å². The Hall–Kier alpha value is -0.290. The molecule has 0 saturated heterocycles. The van der Waals surface area contributed by atoms with Crippen LogP contribution in [0.4, 0.5) is 0 Å². The zero-order valence-electron chi connectivity index (χ0n) is 8.00. The van der Waals surface area contributed by atoms with Gasteiger partial charge < -0.3 is 9.79 Å². The summed E-state index contributed by atoms with van der Waals surface area (Å²) in [5.74, 6) is -0.806. The molecule has 0 spiro atoms. The van der Waals surface area contributed by atoms with E-state index in [1.165, 1.54) is 6.20 Å². The molecule has 1 rings (SSSR count). The Labute approximate surface area is 98.5 Å². The lowest BCUT2D eigenvalue weighted by Gasteiger charge is -2.03. The maximum atomic E-state index is 11.2. The Bertz CT molecular complexity index is 408. The van der Waals surface area contributed by atoms with Gasteiger partial charge in [0.05, 0.1) is 0 Å². The van der Waals surface area contributed by atoms with Crippen LogP contribution in [0.25, 0.3) is 0 Å². The van der Waals surface area contributed by atoms with E-state index in [-0.39, 0.29) is 0 Å². The predicted octanol–water partition coefficient (Wildman–Crippen LogP) is 1.90. The van der Waals surface area contributed by atoms with Gasteiger partial charge in [0, 0.05) is 18.0 Å². The summed E-state index contributed by atoms with van der Waals surface area (Å²) in [6.45, 7) is 0. The Morgan fingerprint density at radius 3 is 2.81 bits per heavy atom. The standard InChI is InChI=1S/C7H9NO5P2S/c9-14(5-15(10,11)12)13-7(16)6-2-1-3-8-4-6/h1-4,7H,5H2,(H2-,10,11,12,16)/p+1. The molecular formula is C7H10NO5P2S+. The fourth-order valence-corrected chi connectivity index (χ4v) is 3.16. The van der Waals surface area contributed by atoms with Gasteiger partial charge in [-0.2, -0.15) is 0 Å². The summed E-state index contributed by atoms with van der Waals surface area (Å²) in [6.07, 6.45) is 3.03. The van der Waals surface area contributed by atoms with E-state index in [2.05, 4.69) is 17.6 Å². The number of rotatable bonds is 5. The van der Waals surface area contributed by atoms with Gasteiger partial charge in [0.1, 0.15) is 0 Å². The molecule has 2 atom stereocenters. The largest absolute Gasteiger partial charge is 0.522 e. The molecule has 1 heterocycles. The van der Waals surface area contributed by atoms with Crippen molar-refractivity contribution in [3.8, 4) is 0 Å². The topological polar surface area (TPSA) is 96.7 Å². The summed E-state index contributed by atoms with van der Waals surface area (Å²) >= 11 is 4.01. The van der Waals surface area contributed by atoms with Crippen LogP contribution in [0.1, 0.15) is 11.0 Å². The maximum Gasteiger partial charge on any atom is 0.522 e. The highest BCUT2D eigenvalue weighted by molar-refractivity contribution is 7.80. The Morgan fingerprint density at radius 1 is 1.62 bits per heavy atom. The summed E-state index contributed by atoms with van der Waals surface area (Å²) in [4.78, 5) is 21.0. The Morgan fingerprint density at radius 2 is 2.31 bits per heavy atom. The molecular weight excluding hydrogens is 272 g/mol. The van der Waals surface area contributed by atoms with Gasteiger partial charge in [0.2, 0.25) is 0 Å². The maximum absolute atomic E-state index is 11.2.